The van der Waals surface area contributed by atoms with Gasteiger partial charge in [0.05, 0.1) is 12.3 Å². The van der Waals surface area contributed by atoms with E-state index in [9.17, 15) is 20.5 Å². The number of nitrogens with one attached hydrogen (secondary N) is 1. The summed E-state index contributed by atoms with van der Waals surface area (Å²) in [6.45, 7) is 1.15. The molecule has 0 aliphatic carbocycles. The van der Waals surface area contributed by atoms with Gasteiger partial charge >= 0.3 is 0 Å². The van der Waals surface area contributed by atoms with Crippen LogP contribution in [0.1, 0.15) is 5.56 Å². The van der Waals surface area contributed by atoms with E-state index in [0.717, 1.165) is 0 Å². The van der Waals surface area contributed by atoms with Gasteiger partial charge in [0.25, 0.3) is 0 Å². The average Bonchev–Trinajstić information content (AvgIpc) is 2.49. The first-order valence-corrected chi connectivity index (χ1v) is 6.69. The molecule has 1 fully saturated rings. The van der Waals surface area contributed by atoms with E-state index in [0.29, 0.717) is 11.3 Å². The van der Waals surface area contributed by atoms with Crippen molar-refractivity contribution in [2.24, 2.45) is 0 Å². The summed E-state index contributed by atoms with van der Waals surface area (Å²) in [5, 5.41) is 60.7. The number of nitrogens with zero attached hydrogens (tertiary/aromatic N) is 1. The number of aryl methyl sites for hydroxylation is 1. The molecule has 1 heterocycles. The second-order valence-corrected chi connectivity index (χ2v) is 5.17. The van der Waals surface area contributed by atoms with Gasteiger partial charge in [0.1, 0.15) is 24.4 Å². The molecule has 1 saturated heterocycles. The van der Waals surface area contributed by atoms with Gasteiger partial charge in [-0.2, -0.15) is 0 Å². The lowest BCUT2D eigenvalue weighted by Crippen LogP contribution is -2.60. The minimum atomic E-state index is -1.47. The summed E-state index contributed by atoms with van der Waals surface area (Å²) in [6, 6.07) is 4.26. The number of hydrogen-bond donors (Lipinski definition) is 6. The van der Waals surface area contributed by atoms with E-state index in [1.165, 1.54) is 18.2 Å². The Labute approximate surface area is 126 Å². The molecule has 22 heavy (non-hydrogen) atoms. The predicted octanol–water partition coefficient (Wildman–Crippen LogP) is -1.10. The number of benzene rings is 1. The Kier molecular flexibility index (Phi) is 5.19. The van der Waals surface area contributed by atoms with Gasteiger partial charge in [-0.05, 0) is 30.7 Å². The number of hydrogen-bond acceptors (Lipinski definition) is 9. The Morgan fingerprint density at radius 3 is 2.45 bits per heavy atom. The summed E-state index contributed by atoms with van der Waals surface area (Å²) in [4.78, 5) is 0. The van der Waals surface area contributed by atoms with Crippen molar-refractivity contribution in [2.45, 2.75) is 37.6 Å². The number of aliphatic hydroxyl groups is 4. The van der Waals surface area contributed by atoms with Crippen molar-refractivity contribution in [3.63, 3.8) is 0 Å². The molecule has 1 aliphatic rings. The quantitative estimate of drug-likeness (QED) is 0.381. The Bertz CT molecular complexity index is 511. The summed E-state index contributed by atoms with van der Waals surface area (Å²) >= 11 is 0. The van der Waals surface area contributed by atoms with Crippen molar-refractivity contribution >= 4 is 11.4 Å². The van der Waals surface area contributed by atoms with Crippen molar-refractivity contribution in [3.8, 4) is 0 Å². The fourth-order valence-electron chi connectivity index (χ4n) is 2.30. The maximum absolute atomic E-state index is 10.8. The first-order chi connectivity index (χ1) is 10.3. The third kappa shape index (κ3) is 3.31. The molecule has 1 aromatic rings. The number of rotatable bonds is 4. The molecule has 9 heteroatoms. The average molecular weight is 315 g/mol. The molecule has 5 atom stereocenters. The van der Waals surface area contributed by atoms with Crippen LogP contribution in [0, 0.1) is 12.1 Å². The molecular formula is C13H19N2O7-. The molecule has 2 rings (SSSR count). The molecule has 0 aromatic heterocycles. The molecule has 1 aromatic carbocycles. The summed E-state index contributed by atoms with van der Waals surface area (Å²) in [5.74, 6) is 0. The van der Waals surface area contributed by atoms with Gasteiger partial charge in [-0.3, -0.25) is 5.21 Å². The van der Waals surface area contributed by atoms with Crippen molar-refractivity contribution in [2.75, 3.05) is 17.2 Å². The molecule has 9 nitrogen and oxygen atoms in total. The van der Waals surface area contributed by atoms with Gasteiger partial charge in [0, 0.05) is 5.69 Å². The van der Waals surface area contributed by atoms with E-state index in [1.807, 2.05) is 0 Å². The molecule has 0 saturated carbocycles. The van der Waals surface area contributed by atoms with Gasteiger partial charge in [0.15, 0.2) is 6.23 Å². The highest BCUT2D eigenvalue weighted by atomic mass is 16.8. The third-order valence-electron chi connectivity index (χ3n) is 3.62. The number of aliphatic hydroxyl groups excluding tert-OH is 4. The maximum atomic E-state index is 10.8. The highest BCUT2D eigenvalue weighted by Crippen LogP contribution is 2.26. The molecule has 0 bridgehead atoms. The first kappa shape index (κ1) is 16.9. The number of anilines is 2. The zero-order chi connectivity index (χ0) is 16.4. The first-order valence-electron chi connectivity index (χ1n) is 6.69. The van der Waals surface area contributed by atoms with Gasteiger partial charge in [-0.25, -0.2) is 0 Å². The van der Waals surface area contributed by atoms with Crippen LogP contribution in [0.3, 0.4) is 0 Å². The van der Waals surface area contributed by atoms with E-state index in [2.05, 4.69) is 5.32 Å². The Balaban J connectivity index is 2.15. The van der Waals surface area contributed by atoms with Crippen molar-refractivity contribution in [1.82, 2.24) is 0 Å². The molecular weight excluding hydrogens is 296 g/mol. The van der Waals surface area contributed by atoms with Crippen LogP contribution >= 0.6 is 0 Å². The maximum Gasteiger partial charge on any atom is 0.157 e. The van der Waals surface area contributed by atoms with Crippen LogP contribution in [0.15, 0.2) is 18.2 Å². The smallest absolute Gasteiger partial charge is 0.157 e. The summed E-state index contributed by atoms with van der Waals surface area (Å²) < 4.78 is 5.32. The lowest BCUT2D eigenvalue weighted by Gasteiger charge is -2.40. The Morgan fingerprint density at radius 1 is 1.23 bits per heavy atom. The van der Waals surface area contributed by atoms with Gasteiger partial charge in [-0.1, -0.05) is 0 Å². The molecule has 124 valence electrons. The van der Waals surface area contributed by atoms with Crippen LogP contribution in [0.4, 0.5) is 11.4 Å². The SMILES string of the molecule is Cc1cc(N([O-])O)ccc1NC1O[C@H](CO)[C@@H](O)[C@H](O)[C@@H]1O. The topological polar surface area (TPSA) is 149 Å². The second kappa shape index (κ2) is 6.75. The number of ether oxygens (including phenoxy) is 1. The molecule has 6 N–H and O–H groups in total. The molecule has 0 radical (unpaired) electrons. The van der Waals surface area contributed by atoms with Crippen LogP contribution in [-0.2, 0) is 4.74 Å². The minimum absolute atomic E-state index is 0.0388. The van der Waals surface area contributed by atoms with Crippen LogP contribution in [0.5, 0.6) is 0 Å². The second-order valence-electron chi connectivity index (χ2n) is 5.17. The monoisotopic (exact) mass is 315 g/mol. The van der Waals surface area contributed by atoms with E-state index < -0.39 is 37.3 Å². The van der Waals surface area contributed by atoms with Crippen molar-refractivity contribution in [1.29, 1.82) is 0 Å². The lowest BCUT2D eigenvalue weighted by atomic mass is 9.98. The van der Waals surface area contributed by atoms with E-state index in [1.54, 1.807) is 6.92 Å². The fourth-order valence-corrected chi connectivity index (χ4v) is 2.30. The predicted molar refractivity (Wildman–Crippen MR) is 76.2 cm³/mol. The summed E-state index contributed by atoms with van der Waals surface area (Å²) in [5.41, 5.74) is 1.12. The molecule has 1 unspecified atom stereocenters. The van der Waals surface area contributed by atoms with E-state index >= 15 is 0 Å². The highest BCUT2D eigenvalue weighted by Gasteiger charge is 2.43. The Hall–Kier alpha value is -1.46. The lowest BCUT2D eigenvalue weighted by molar-refractivity contribution is -0.221. The van der Waals surface area contributed by atoms with E-state index in [-0.39, 0.29) is 10.9 Å². The summed E-state index contributed by atoms with van der Waals surface area (Å²) in [7, 11) is 0. The zero-order valence-corrected chi connectivity index (χ0v) is 11.8. The van der Waals surface area contributed by atoms with Gasteiger partial charge in [0.2, 0.25) is 0 Å². The van der Waals surface area contributed by atoms with Crippen LogP contribution in [0.2, 0.25) is 0 Å². The normalized spacial score (nSPS) is 31.9. The van der Waals surface area contributed by atoms with E-state index in [4.69, 9.17) is 15.1 Å². The molecule has 0 spiro atoms. The highest BCUT2D eigenvalue weighted by molar-refractivity contribution is 5.59. The summed E-state index contributed by atoms with van der Waals surface area (Å²) in [6.07, 6.45) is -6.38. The van der Waals surface area contributed by atoms with Crippen molar-refractivity contribution in [3.05, 3.63) is 29.0 Å². The van der Waals surface area contributed by atoms with Crippen LogP contribution in [0.25, 0.3) is 0 Å². The van der Waals surface area contributed by atoms with Crippen LogP contribution in [-0.4, -0.2) is 62.9 Å². The van der Waals surface area contributed by atoms with Crippen LogP contribution < -0.4 is 10.5 Å². The minimum Gasteiger partial charge on any atom is -0.733 e. The Morgan fingerprint density at radius 2 is 1.91 bits per heavy atom. The van der Waals surface area contributed by atoms with Crippen molar-refractivity contribution < 1.29 is 30.4 Å². The molecule has 0 amide bonds. The van der Waals surface area contributed by atoms with Gasteiger partial charge < -0.3 is 40.9 Å². The fraction of sp³-hybridized carbons (Fsp3) is 0.538. The largest absolute Gasteiger partial charge is 0.733 e. The zero-order valence-electron chi connectivity index (χ0n) is 11.8. The third-order valence-corrected chi connectivity index (χ3v) is 3.62. The standard InChI is InChI=1S/C13H19N2O7/c1-6-4-7(15(20)21)2-3-8(6)14-13-12(19)11(18)10(17)9(5-16)22-13/h2-4,9-14,16-20H,5H2,1H3/q-1/t9-,10-,11+,12+,13?/m1/s1. The molecule has 1 aliphatic heterocycles. The van der Waals surface area contributed by atoms with Gasteiger partial charge in [-0.15, -0.1) is 0 Å².